The number of rotatable bonds is 5. The molecule has 0 rings (SSSR count). The van der Waals surface area contributed by atoms with Gasteiger partial charge in [0.2, 0.25) is 0 Å². The zero-order chi connectivity index (χ0) is 12.0. The molecule has 0 aromatic carbocycles. The van der Waals surface area contributed by atoms with Gasteiger partial charge in [-0.3, -0.25) is 0 Å². The molecule has 0 aromatic rings. The predicted molar refractivity (Wildman–Crippen MR) is 55.3 cm³/mol. The quantitative estimate of drug-likeness (QED) is 0.516. The molecule has 1 radical (unpaired) electrons. The molecule has 0 aliphatic heterocycles. The SMILES string of the molecule is C=C(C)C(=O)O[C](CC)OC(=O)C(=C)C. The van der Waals surface area contributed by atoms with Crippen LogP contribution >= 0.6 is 0 Å². The van der Waals surface area contributed by atoms with Crippen molar-refractivity contribution >= 4 is 11.9 Å². The van der Waals surface area contributed by atoms with Crippen LogP contribution in [0.15, 0.2) is 24.3 Å². The summed E-state index contributed by atoms with van der Waals surface area (Å²) >= 11 is 0. The monoisotopic (exact) mass is 211 g/mol. The molecular formula is C11H15O4. The fraction of sp³-hybridized carbons (Fsp3) is 0.364. The highest BCUT2D eigenvalue weighted by Gasteiger charge is 2.20. The summed E-state index contributed by atoms with van der Waals surface area (Å²) in [5, 5.41) is 0. The minimum Gasteiger partial charge on any atom is -0.411 e. The van der Waals surface area contributed by atoms with Crippen LogP contribution in [0, 0.1) is 6.29 Å². The second kappa shape index (κ2) is 6.01. The lowest BCUT2D eigenvalue weighted by Crippen LogP contribution is -2.17. The molecule has 0 fully saturated rings. The van der Waals surface area contributed by atoms with Crippen LogP contribution in [0.1, 0.15) is 27.2 Å². The third-order valence-electron chi connectivity index (χ3n) is 1.40. The average molecular weight is 211 g/mol. The maximum absolute atomic E-state index is 11.1. The predicted octanol–water partition coefficient (Wildman–Crippen LogP) is 2.12. The second-order valence-corrected chi connectivity index (χ2v) is 3.07. The summed E-state index contributed by atoms with van der Waals surface area (Å²) in [6, 6.07) is 0. The molecule has 0 bridgehead atoms. The molecule has 0 heterocycles. The van der Waals surface area contributed by atoms with Gasteiger partial charge in [-0.05, 0) is 13.8 Å². The van der Waals surface area contributed by atoms with Crippen molar-refractivity contribution in [2.45, 2.75) is 27.2 Å². The Labute approximate surface area is 89.6 Å². The van der Waals surface area contributed by atoms with Crippen molar-refractivity contribution in [2.24, 2.45) is 0 Å². The summed E-state index contributed by atoms with van der Waals surface area (Å²) < 4.78 is 9.55. The first-order chi connectivity index (χ1) is 6.88. The molecule has 0 N–H and O–H groups in total. The van der Waals surface area contributed by atoms with Crippen LogP contribution < -0.4 is 0 Å². The van der Waals surface area contributed by atoms with Crippen molar-refractivity contribution in [3.05, 3.63) is 30.6 Å². The Bertz CT molecular complexity index is 263. The number of carbonyl (C=O) groups excluding carboxylic acids is 2. The largest absolute Gasteiger partial charge is 0.411 e. The summed E-state index contributed by atoms with van der Waals surface area (Å²) in [6.07, 6.45) is 0.258. The van der Waals surface area contributed by atoms with Gasteiger partial charge in [-0.25, -0.2) is 9.59 Å². The van der Waals surface area contributed by atoms with Crippen molar-refractivity contribution in [1.82, 2.24) is 0 Å². The van der Waals surface area contributed by atoms with Crippen molar-refractivity contribution in [2.75, 3.05) is 0 Å². The maximum atomic E-state index is 11.1. The minimum absolute atomic E-state index is 0.0454. The first-order valence-corrected chi connectivity index (χ1v) is 4.49. The van der Waals surface area contributed by atoms with Crippen molar-refractivity contribution < 1.29 is 19.1 Å². The van der Waals surface area contributed by atoms with E-state index in [1.807, 2.05) is 0 Å². The standard InChI is InChI=1S/C11H15O4/c1-6-9(14-10(12)7(2)3)15-11(13)8(4)5/h2,4,6H2,1,3,5H3. The summed E-state index contributed by atoms with van der Waals surface area (Å²) in [5.41, 5.74) is 0.486. The van der Waals surface area contributed by atoms with Crippen LogP contribution in [-0.4, -0.2) is 11.9 Å². The zero-order valence-corrected chi connectivity index (χ0v) is 9.25. The van der Waals surface area contributed by atoms with Gasteiger partial charge in [-0.1, -0.05) is 20.1 Å². The van der Waals surface area contributed by atoms with Gasteiger partial charge in [0.25, 0.3) is 0 Å². The van der Waals surface area contributed by atoms with Crippen molar-refractivity contribution in [1.29, 1.82) is 0 Å². The molecule has 0 saturated heterocycles. The smallest absolute Gasteiger partial charge is 0.336 e. The summed E-state index contributed by atoms with van der Waals surface area (Å²) in [5.74, 6) is -1.22. The Hall–Kier alpha value is -1.58. The number of ether oxygens (including phenoxy) is 2. The first kappa shape index (κ1) is 13.4. The number of hydrogen-bond acceptors (Lipinski definition) is 4. The van der Waals surface area contributed by atoms with Crippen LogP contribution in [0.4, 0.5) is 0 Å². The van der Waals surface area contributed by atoms with Gasteiger partial charge in [0.05, 0.1) is 0 Å². The van der Waals surface area contributed by atoms with Gasteiger partial charge in [-0.2, -0.15) is 0 Å². The molecule has 0 saturated carbocycles. The average Bonchev–Trinajstić information content (AvgIpc) is 2.15. The molecule has 4 nitrogen and oxygen atoms in total. The highest BCUT2D eigenvalue weighted by Crippen LogP contribution is 2.13. The summed E-state index contributed by atoms with van der Waals surface area (Å²) in [4.78, 5) is 22.2. The zero-order valence-electron chi connectivity index (χ0n) is 9.25. The topological polar surface area (TPSA) is 52.6 Å². The Kier molecular flexibility index (Phi) is 5.37. The lowest BCUT2D eigenvalue weighted by Gasteiger charge is -2.14. The van der Waals surface area contributed by atoms with Gasteiger partial charge < -0.3 is 9.47 Å². The number of esters is 2. The van der Waals surface area contributed by atoms with E-state index in [0.717, 1.165) is 0 Å². The fourth-order valence-electron chi connectivity index (χ4n) is 0.546. The normalized spacial score (nSPS) is 9.60. The lowest BCUT2D eigenvalue weighted by molar-refractivity contribution is -0.159. The molecule has 0 aromatic heterocycles. The van der Waals surface area contributed by atoms with Gasteiger partial charge >= 0.3 is 18.2 Å². The van der Waals surface area contributed by atoms with Crippen LogP contribution in [0.2, 0.25) is 0 Å². The van der Waals surface area contributed by atoms with E-state index in [9.17, 15) is 9.59 Å². The molecule has 0 spiro atoms. The molecule has 15 heavy (non-hydrogen) atoms. The summed E-state index contributed by atoms with van der Waals surface area (Å²) in [7, 11) is 0. The van der Waals surface area contributed by atoms with Gasteiger partial charge in [-0.15, -0.1) is 0 Å². The van der Waals surface area contributed by atoms with Crippen molar-refractivity contribution in [3.8, 4) is 0 Å². The maximum Gasteiger partial charge on any atom is 0.336 e. The minimum atomic E-state index is -0.610. The highest BCUT2D eigenvalue weighted by atomic mass is 16.7. The Balaban J connectivity index is 4.27. The third-order valence-corrected chi connectivity index (χ3v) is 1.40. The number of carbonyl (C=O) groups is 2. The lowest BCUT2D eigenvalue weighted by atomic mass is 10.3. The molecule has 0 aliphatic carbocycles. The van der Waals surface area contributed by atoms with E-state index in [0.29, 0.717) is 6.42 Å². The Morgan fingerprint density at radius 3 is 1.53 bits per heavy atom. The van der Waals surface area contributed by atoms with Crippen molar-refractivity contribution in [3.63, 3.8) is 0 Å². The van der Waals surface area contributed by atoms with E-state index in [-0.39, 0.29) is 17.4 Å². The number of hydrogen-bond donors (Lipinski definition) is 0. The third kappa shape index (κ3) is 5.00. The molecule has 0 aliphatic rings. The molecule has 83 valence electrons. The molecule has 4 heteroatoms. The van der Waals surface area contributed by atoms with Crippen LogP contribution in [0.5, 0.6) is 0 Å². The van der Waals surface area contributed by atoms with Crippen LogP contribution in [0.25, 0.3) is 0 Å². The first-order valence-electron chi connectivity index (χ1n) is 4.49. The van der Waals surface area contributed by atoms with E-state index in [4.69, 9.17) is 9.47 Å². The van der Waals surface area contributed by atoms with Crippen LogP contribution in [0.3, 0.4) is 0 Å². The van der Waals surface area contributed by atoms with E-state index in [1.54, 1.807) is 6.92 Å². The molecular weight excluding hydrogens is 196 g/mol. The van der Waals surface area contributed by atoms with Crippen LogP contribution in [-0.2, 0) is 19.1 Å². The highest BCUT2D eigenvalue weighted by molar-refractivity contribution is 5.89. The van der Waals surface area contributed by atoms with Gasteiger partial charge in [0.15, 0.2) is 0 Å². The Morgan fingerprint density at radius 2 is 1.33 bits per heavy atom. The Morgan fingerprint density at radius 1 is 1.00 bits per heavy atom. The van der Waals surface area contributed by atoms with E-state index in [2.05, 4.69) is 13.2 Å². The van der Waals surface area contributed by atoms with E-state index in [1.165, 1.54) is 13.8 Å². The van der Waals surface area contributed by atoms with Gasteiger partial charge in [0, 0.05) is 17.6 Å². The van der Waals surface area contributed by atoms with Gasteiger partial charge in [0.1, 0.15) is 0 Å². The summed E-state index contributed by atoms with van der Waals surface area (Å²) in [6.45, 7) is 11.5. The second-order valence-electron chi connectivity index (χ2n) is 3.07. The fourth-order valence-corrected chi connectivity index (χ4v) is 0.546. The van der Waals surface area contributed by atoms with E-state index >= 15 is 0 Å². The van der Waals surface area contributed by atoms with E-state index < -0.39 is 11.9 Å². The molecule has 0 amide bonds. The molecule has 0 atom stereocenters. The molecule has 0 unspecified atom stereocenters.